The lowest BCUT2D eigenvalue weighted by atomic mass is 10.2. The summed E-state index contributed by atoms with van der Waals surface area (Å²) < 4.78 is 6.56. The molecule has 1 rings (SSSR count). The van der Waals surface area contributed by atoms with Crippen LogP contribution in [0.4, 0.5) is 0 Å². The lowest BCUT2D eigenvalue weighted by molar-refractivity contribution is 0.303. The van der Waals surface area contributed by atoms with Gasteiger partial charge < -0.3 is 10.1 Å². The van der Waals surface area contributed by atoms with Gasteiger partial charge in [-0.2, -0.15) is 0 Å². The van der Waals surface area contributed by atoms with Gasteiger partial charge in [0.15, 0.2) is 0 Å². The molecule has 0 aliphatic carbocycles. The summed E-state index contributed by atoms with van der Waals surface area (Å²) in [5.74, 6) is 0.837. The maximum atomic E-state index is 5.60. The SMILES string of the molecule is CCCNCCCCCOc1cncc(Br)c1. The van der Waals surface area contributed by atoms with Crippen LogP contribution in [-0.4, -0.2) is 24.7 Å². The second kappa shape index (κ2) is 9.42. The summed E-state index contributed by atoms with van der Waals surface area (Å²) in [6, 6.07) is 1.94. The van der Waals surface area contributed by atoms with Crippen molar-refractivity contribution in [3.05, 3.63) is 22.9 Å². The largest absolute Gasteiger partial charge is 0.492 e. The van der Waals surface area contributed by atoms with Crippen molar-refractivity contribution in [2.75, 3.05) is 19.7 Å². The first-order valence-electron chi connectivity index (χ1n) is 6.27. The molecular weight excluding hydrogens is 280 g/mol. The summed E-state index contributed by atoms with van der Waals surface area (Å²) in [6.45, 7) is 5.20. The van der Waals surface area contributed by atoms with E-state index in [9.17, 15) is 0 Å². The van der Waals surface area contributed by atoms with Gasteiger partial charge in [-0.05, 0) is 60.8 Å². The number of halogens is 1. The summed E-state index contributed by atoms with van der Waals surface area (Å²) in [4.78, 5) is 4.05. The van der Waals surface area contributed by atoms with Crippen molar-refractivity contribution in [3.63, 3.8) is 0 Å². The Bertz CT molecular complexity index is 307. The van der Waals surface area contributed by atoms with E-state index in [1.807, 2.05) is 6.07 Å². The van der Waals surface area contributed by atoms with Crippen LogP contribution >= 0.6 is 15.9 Å². The van der Waals surface area contributed by atoms with Gasteiger partial charge in [-0.1, -0.05) is 6.92 Å². The molecule has 96 valence electrons. The Hall–Kier alpha value is -0.610. The average molecular weight is 301 g/mol. The Morgan fingerprint density at radius 3 is 2.88 bits per heavy atom. The molecule has 3 nitrogen and oxygen atoms in total. The van der Waals surface area contributed by atoms with Crippen molar-refractivity contribution in [1.82, 2.24) is 10.3 Å². The third-order valence-corrected chi connectivity index (χ3v) is 2.81. The summed E-state index contributed by atoms with van der Waals surface area (Å²) in [6.07, 6.45) is 8.23. The molecule has 4 heteroatoms. The number of ether oxygens (including phenoxy) is 1. The van der Waals surface area contributed by atoms with Crippen molar-refractivity contribution < 1.29 is 4.74 Å². The van der Waals surface area contributed by atoms with Crippen molar-refractivity contribution in [2.45, 2.75) is 32.6 Å². The molecule has 0 aliphatic heterocycles. The first-order chi connectivity index (χ1) is 8.33. The first kappa shape index (κ1) is 14.5. The number of nitrogens with zero attached hydrogens (tertiary/aromatic N) is 1. The molecule has 0 unspecified atom stereocenters. The Labute approximate surface area is 112 Å². The maximum Gasteiger partial charge on any atom is 0.138 e. The molecular formula is C13H21BrN2O. The lowest BCUT2D eigenvalue weighted by Gasteiger charge is -2.06. The van der Waals surface area contributed by atoms with Gasteiger partial charge in [0.1, 0.15) is 5.75 Å². The quantitative estimate of drug-likeness (QED) is 0.710. The predicted octanol–water partition coefficient (Wildman–Crippen LogP) is 3.39. The van der Waals surface area contributed by atoms with Crippen LogP contribution in [0.15, 0.2) is 22.9 Å². The first-order valence-corrected chi connectivity index (χ1v) is 7.06. The van der Waals surface area contributed by atoms with Gasteiger partial charge in [-0.3, -0.25) is 4.98 Å². The number of rotatable bonds is 9. The fourth-order valence-corrected chi connectivity index (χ4v) is 1.84. The van der Waals surface area contributed by atoms with Crippen LogP contribution in [0.1, 0.15) is 32.6 Å². The molecule has 1 heterocycles. The van der Waals surface area contributed by atoms with Crippen LogP contribution in [0.2, 0.25) is 0 Å². The van der Waals surface area contributed by atoms with Gasteiger partial charge in [0.2, 0.25) is 0 Å². The summed E-state index contributed by atoms with van der Waals surface area (Å²) in [7, 11) is 0. The van der Waals surface area contributed by atoms with Gasteiger partial charge >= 0.3 is 0 Å². The van der Waals surface area contributed by atoms with Crippen LogP contribution in [0.5, 0.6) is 5.75 Å². The van der Waals surface area contributed by atoms with Crippen molar-refractivity contribution in [2.24, 2.45) is 0 Å². The Morgan fingerprint density at radius 2 is 2.12 bits per heavy atom. The van der Waals surface area contributed by atoms with E-state index in [-0.39, 0.29) is 0 Å². The van der Waals surface area contributed by atoms with E-state index in [1.165, 1.54) is 19.3 Å². The number of hydrogen-bond donors (Lipinski definition) is 1. The predicted molar refractivity (Wildman–Crippen MR) is 74.4 cm³/mol. The molecule has 1 aromatic rings. The molecule has 0 bridgehead atoms. The van der Waals surface area contributed by atoms with E-state index >= 15 is 0 Å². The highest BCUT2D eigenvalue weighted by Gasteiger charge is 1.95. The monoisotopic (exact) mass is 300 g/mol. The summed E-state index contributed by atoms with van der Waals surface area (Å²) in [5, 5.41) is 3.39. The van der Waals surface area contributed by atoms with Crippen LogP contribution in [0.25, 0.3) is 0 Å². The van der Waals surface area contributed by atoms with Crippen LogP contribution in [-0.2, 0) is 0 Å². The van der Waals surface area contributed by atoms with E-state index in [4.69, 9.17) is 4.74 Å². The van der Waals surface area contributed by atoms with E-state index in [2.05, 4.69) is 33.2 Å². The number of pyridine rings is 1. The number of hydrogen-bond acceptors (Lipinski definition) is 3. The van der Waals surface area contributed by atoms with E-state index < -0.39 is 0 Å². The lowest BCUT2D eigenvalue weighted by Crippen LogP contribution is -2.15. The normalized spacial score (nSPS) is 10.5. The molecule has 0 radical (unpaired) electrons. The van der Waals surface area contributed by atoms with Gasteiger partial charge in [-0.25, -0.2) is 0 Å². The van der Waals surface area contributed by atoms with Gasteiger partial charge in [0.05, 0.1) is 12.8 Å². The zero-order valence-electron chi connectivity index (χ0n) is 10.4. The van der Waals surface area contributed by atoms with Crippen LogP contribution in [0.3, 0.4) is 0 Å². The topological polar surface area (TPSA) is 34.1 Å². The number of unbranched alkanes of at least 4 members (excludes halogenated alkanes) is 2. The highest BCUT2D eigenvalue weighted by atomic mass is 79.9. The molecule has 1 aromatic heterocycles. The Morgan fingerprint density at radius 1 is 1.24 bits per heavy atom. The minimum absolute atomic E-state index is 0.770. The zero-order valence-corrected chi connectivity index (χ0v) is 12.0. The molecule has 0 spiro atoms. The second-order valence-corrected chi connectivity index (χ2v) is 4.91. The zero-order chi connectivity index (χ0) is 12.3. The molecule has 1 N–H and O–H groups in total. The molecule has 17 heavy (non-hydrogen) atoms. The molecule has 0 amide bonds. The van der Waals surface area contributed by atoms with Gasteiger partial charge in [0.25, 0.3) is 0 Å². The van der Waals surface area contributed by atoms with E-state index in [1.54, 1.807) is 12.4 Å². The van der Waals surface area contributed by atoms with E-state index in [0.717, 1.165) is 36.3 Å². The smallest absolute Gasteiger partial charge is 0.138 e. The third-order valence-electron chi connectivity index (χ3n) is 2.37. The fourth-order valence-electron chi connectivity index (χ4n) is 1.49. The minimum atomic E-state index is 0.770. The minimum Gasteiger partial charge on any atom is -0.492 e. The molecule has 0 atom stereocenters. The van der Waals surface area contributed by atoms with Crippen molar-refractivity contribution in [1.29, 1.82) is 0 Å². The molecule has 0 saturated heterocycles. The number of aromatic nitrogens is 1. The molecule has 0 aromatic carbocycles. The van der Waals surface area contributed by atoms with E-state index in [0.29, 0.717) is 0 Å². The summed E-state index contributed by atoms with van der Waals surface area (Å²) in [5.41, 5.74) is 0. The standard InChI is InChI=1S/C13H21BrN2O/c1-2-6-15-7-4-3-5-8-17-13-9-12(14)10-16-11-13/h9-11,15H,2-8H2,1H3. The second-order valence-electron chi connectivity index (χ2n) is 4.00. The van der Waals surface area contributed by atoms with Crippen LogP contribution in [0, 0.1) is 0 Å². The third kappa shape index (κ3) is 7.34. The maximum absolute atomic E-state index is 5.60. The highest BCUT2D eigenvalue weighted by molar-refractivity contribution is 9.10. The molecule has 0 aliphatic rings. The van der Waals surface area contributed by atoms with Gasteiger partial charge in [0, 0.05) is 10.7 Å². The fraction of sp³-hybridized carbons (Fsp3) is 0.615. The molecule has 0 fully saturated rings. The Balaban J connectivity index is 1.97. The Kier molecular flexibility index (Phi) is 8.01. The van der Waals surface area contributed by atoms with Gasteiger partial charge in [-0.15, -0.1) is 0 Å². The van der Waals surface area contributed by atoms with Crippen molar-refractivity contribution in [3.8, 4) is 5.75 Å². The van der Waals surface area contributed by atoms with Crippen molar-refractivity contribution >= 4 is 15.9 Å². The summed E-state index contributed by atoms with van der Waals surface area (Å²) >= 11 is 3.37. The van der Waals surface area contributed by atoms with Crippen LogP contribution < -0.4 is 10.1 Å². The number of nitrogens with one attached hydrogen (secondary N) is 1. The average Bonchev–Trinajstić information content (AvgIpc) is 2.33. The highest BCUT2D eigenvalue weighted by Crippen LogP contribution is 2.15. The molecule has 0 saturated carbocycles.